The van der Waals surface area contributed by atoms with Gasteiger partial charge in [0, 0.05) is 6.20 Å². The molecular weight excluding hydrogens is 350 g/mol. The Labute approximate surface area is 145 Å². The summed E-state index contributed by atoms with van der Waals surface area (Å²) in [5, 5.41) is 6.28. The number of esters is 1. The van der Waals surface area contributed by atoms with Crippen LogP contribution in [0.2, 0.25) is 0 Å². The lowest BCUT2D eigenvalue weighted by atomic mass is 10.3. The third kappa shape index (κ3) is 3.71. The first-order valence-corrected chi connectivity index (χ1v) is 8.82. The van der Waals surface area contributed by atoms with Crippen molar-refractivity contribution >= 4 is 34.9 Å². The number of nitrogen functional groups attached to an aromatic ring is 1. The normalized spacial score (nSPS) is 10.7. The van der Waals surface area contributed by atoms with Gasteiger partial charge in [0.25, 0.3) is 5.89 Å². The average Bonchev–Trinajstić information content (AvgIpc) is 3.24. The molecule has 0 atom stereocenters. The first-order valence-electron chi connectivity index (χ1n) is 6.96. The number of anilines is 1. The van der Waals surface area contributed by atoms with Crippen LogP contribution in [0.1, 0.15) is 23.1 Å². The van der Waals surface area contributed by atoms with Gasteiger partial charge in [-0.3, -0.25) is 0 Å². The SMILES string of the molecule is CCOC(=O)c1cnc(SCc2noc(-c3cccs3)n2)nc1N. The van der Waals surface area contributed by atoms with E-state index in [1.807, 2.05) is 17.5 Å². The van der Waals surface area contributed by atoms with E-state index in [1.165, 1.54) is 29.3 Å². The zero-order valence-corrected chi connectivity index (χ0v) is 14.3. The van der Waals surface area contributed by atoms with Crippen molar-refractivity contribution in [2.24, 2.45) is 0 Å². The van der Waals surface area contributed by atoms with Crippen LogP contribution in [0.5, 0.6) is 0 Å². The molecule has 0 amide bonds. The maximum absolute atomic E-state index is 11.7. The van der Waals surface area contributed by atoms with E-state index in [9.17, 15) is 4.79 Å². The monoisotopic (exact) mass is 363 g/mol. The van der Waals surface area contributed by atoms with Crippen molar-refractivity contribution in [3.05, 3.63) is 35.1 Å². The number of thiophene rings is 1. The molecule has 0 aliphatic heterocycles. The van der Waals surface area contributed by atoms with Gasteiger partial charge in [0.05, 0.1) is 17.2 Å². The zero-order valence-electron chi connectivity index (χ0n) is 12.6. The van der Waals surface area contributed by atoms with Gasteiger partial charge in [-0.2, -0.15) is 4.98 Å². The van der Waals surface area contributed by atoms with Gasteiger partial charge in [0.15, 0.2) is 11.0 Å². The molecule has 0 aromatic carbocycles. The van der Waals surface area contributed by atoms with E-state index in [4.69, 9.17) is 15.0 Å². The van der Waals surface area contributed by atoms with E-state index in [-0.39, 0.29) is 18.0 Å². The third-order valence-electron chi connectivity index (χ3n) is 2.82. The topological polar surface area (TPSA) is 117 Å². The predicted octanol–water partition coefficient (Wildman–Crippen LogP) is 2.64. The number of carbonyl (C=O) groups is 1. The van der Waals surface area contributed by atoms with Crippen LogP contribution in [0.15, 0.2) is 33.4 Å². The van der Waals surface area contributed by atoms with E-state index >= 15 is 0 Å². The van der Waals surface area contributed by atoms with Crippen molar-refractivity contribution in [1.82, 2.24) is 20.1 Å². The lowest BCUT2D eigenvalue weighted by Gasteiger charge is -2.05. The van der Waals surface area contributed by atoms with Crippen LogP contribution >= 0.6 is 23.1 Å². The molecule has 3 rings (SSSR count). The Kier molecular flexibility index (Phi) is 5.06. The Morgan fingerprint density at radius 2 is 2.33 bits per heavy atom. The first-order chi connectivity index (χ1) is 11.7. The van der Waals surface area contributed by atoms with Crippen LogP contribution in [-0.4, -0.2) is 32.7 Å². The van der Waals surface area contributed by atoms with Crippen LogP contribution in [0.3, 0.4) is 0 Å². The number of nitrogens with two attached hydrogens (primary N) is 1. The molecule has 0 unspecified atom stereocenters. The number of ether oxygens (including phenoxy) is 1. The molecule has 10 heteroatoms. The van der Waals surface area contributed by atoms with E-state index in [2.05, 4.69) is 20.1 Å². The Morgan fingerprint density at radius 1 is 1.46 bits per heavy atom. The Balaban J connectivity index is 1.65. The number of hydrogen-bond acceptors (Lipinski definition) is 10. The summed E-state index contributed by atoms with van der Waals surface area (Å²) in [5.74, 6) is 0.981. The molecule has 0 radical (unpaired) electrons. The summed E-state index contributed by atoms with van der Waals surface area (Å²) in [4.78, 5) is 25.1. The second-order valence-corrected chi connectivity index (χ2v) is 6.34. The highest BCUT2D eigenvalue weighted by molar-refractivity contribution is 7.98. The Bertz CT molecular complexity index is 835. The van der Waals surface area contributed by atoms with Gasteiger partial charge in [0.1, 0.15) is 11.4 Å². The van der Waals surface area contributed by atoms with E-state index in [0.29, 0.717) is 22.6 Å². The Morgan fingerprint density at radius 3 is 3.04 bits per heavy atom. The largest absolute Gasteiger partial charge is 0.462 e. The van der Waals surface area contributed by atoms with Crippen molar-refractivity contribution < 1.29 is 14.1 Å². The van der Waals surface area contributed by atoms with E-state index < -0.39 is 5.97 Å². The van der Waals surface area contributed by atoms with Crippen LogP contribution in [0, 0.1) is 0 Å². The summed E-state index contributed by atoms with van der Waals surface area (Å²) >= 11 is 2.82. The maximum Gasteiger partial charge on any atom is 0.343 e. The predicted molar refractivity (Wildman–Crippen MR) is 89.6 cm³/mol. The summed E-state index contributed by atoms with van der Waals surface area (Å²) in [6.45, 7) is 1.98. The minimum Gasteiger partial charge on any atom is -0.462 e. The molecule has 0 aliphatic rings. The molecule has 124 valence electrons. The van der Waals surface area contributed by atoms with Crippen molar-refractivity contribution in [1.29, 1.82) is 0 Å². The Hall–Kier alpha value is -2.46. The van der Waals surface area contributed by atoms with Crippen LogP contribution in [-0.2, 0) is 10.5 Å². The molecule has 0 fully saturated rings. The average molecular weight is 363 g/mol. The van der Waals surface area contributed by atoms with Gasteiger partial charge < -0.3 is 15.0 Å². The number of thioether (sulfide) groups is 1. The van der Waals surface area contributed by atoms with Crippen LogP contribution in [0.4, 0.5) is 5.82 Å². The van der Waals surface area contributed by atoms with Gasteiger partial charge in [0.2, 0.25) is 0 Å². The fourth-order valence-corrected chi connectivity index (χ4v) is 3.07. The van der Waals surface area contributed by atoms with Crippen LogP contribution < -0.4 is 5.73 Å². The molecule has 24 heavy (non-hydrogen) atoms. The molecule has 0 aliphatic carbocycles. The molecule has 3 heterocycles. The smallest absolute Gasteiger partial charge is 0.343 e. The lowest BCUT2D eigenvalue weighted by Crippen LogP contribution is -2.10. The van der Waals surface area contributed by atoms with Crippen LogP contribution in [0.25, 0.3) is 10.8 Å². The molecule has 0 saturated carbocycles. The first kappa shape index (κ1) is 16.4. The highest BCUT2D eigenvalue weighted by Crippen LogP contribution is 2.25. The third-order valence-corrected chi connectivity index (χ3v) is 4.54. The second-order valence-electron chi connectivity index (χ2n) is 4.45. The van der Waals surface area contributed by atoms with E-state index in [0.717, 1.165) is 4.88 Å². The van der Waals surface area contributed by atoms with Crippen molar-refractivity contribution in [3.63, 3.8) is 0 Å². The van der Waals surface area contributed by atoms with Crippen molar-refractivity contribution in [3.8, 4) is 10.8 Å². The molecule has 2 N–H and O–H groups in total. The minimum atomic E-state index is -0.537. The van der Waals surface area contributed by atoms with Gasteiger partial charge in [-0.05, 0) is 18.4 Å². The number of nitrogens with zero attached hydrogens (tertiary/aromatic N) is 4. The highest BCUT2D eigenvalue weighted by atomic mass is 32.2. The summed E-state index contributed by atoms with van der Waals surface area (Å²) in [7, 11) is 0. The molecule has 0 bridgehead atoms. The number of aromatic nitrogens is 4. The fraction of sp³-hybridized carbons (Fsp3) is 0.214. The maximum atomic E-state index is 11.7. The summed E-state index contributed by atoms with van der Waals surface area (Å²) in [5.41, 5.74) is 5.93. The van der Waals surface area contributed by atoms with Gasteiger partial charge in [-0.25, -0.2) is 14.8 Å². The van der Waals surface area contributed by atoms with Crippen molar-refractivity contribution in [2.45, 2.75) is 17.8 Å². The number of rotatable bonds is 6. The van der Waals surface area contributed by atoms with Crippen molar-refractivity contribution in [2.75, 3.05) is 12.3 Å². The standard InChI is InChI=1S/C14H13N5O3S2/c1-2-21-13(20)8-6-16-14(18-11(8)15)24-7-10-17-12(22-19-10)9-4-3-5-23-9/h3-6H,2,7H2,1H3,(H2,15,16,18). The molecule has 0 spiro atoms. The molecule has 3 aromatic heterocycles. The summed E-state index contributed by atoms with van der Waals surface area (Å²) in [6, 6.07) is 3.83. The van der Waals surface area contributed by atoms with Gasteiger partial charge >= 0.3 is 5.97 Å². The highest BCUT2D eigenvalue weighted by Gasteiger charge is 2.15. The number of carbonyl (C=O) groups excluding carboxylic acids is 1. The van der Waals surface area contributed by atoms with Gasteiger partial charge in [-0.1, -0.05) is 23.0 Å². The van der Waals surface area contributed by atoms with Gasteiger partial charge in [-0.15, -0.1) is 11.3 Å². The summed E-state index contributed by atoms with van der Waals surface area (Å²) < 4.78 is 10.1. The molecular formula is C14H13N5O3S2. The number of hydrogen-bond donors (Lipinski definition) is 1. The molecule has 0 saturated heterocycles. The molecule has 3 aromatic rings. The zero-order chi connectivity index (χ0) is 16.9. The molecule has 8 nitrogen and oxygen atoms in total. The fourth-order valence-electron chi connectivity index (χ4n) is 1.76. The quantitative estimate of drug-likeness (QED) is 0.400. The second kappa shape index (κ2) is 7.41. The minimum absolute atomic E-state index is 0.0818. The summed E-state index contributed by atoms with van der Waals surface area (Å²) in [6.07, 6.45) is 1.36. The van der Waals surface area contributed by atoms with E-state index in [1.54, 1.807) is 6.92 Å². The lowest BCUT2D eigenvalue weighted by molar-refractivity contribution is 0.0526.